The van der Waals surface area contributed by atoms with Crippen molar-refractivity contribution in [1.29, 1.82) is 0 Å². The summed E-state index contributed by atoms with van der Waals surface area (Å²) < 4.78 is 16.2. The molecule has 6 heteroatoms. The van der Waals surface area contributed by atoms with E-state index in [1.807, 2.05) is 31.2 Å². The standard InChI is InChI=1S/C22H25NO5/c1-3-26-20-10-5-4-9-19(20)23-22(25)15(2)28-21(24)14-27-18-12-11-16-7-6-8-17(16)13-18/h4-5,9-13,15H,3,6-8,14H2,1-2H3,(H,23,25)/t15-/m0/s1. The Morgan fingerprint density at radius 3 is 2.68 bits per heavy atom. The number of esters is 1. The minimum Gasteiger partial charge on any atom is -0.492 e. The first-order valence-corrected chi connectivity index (χ1v) is 9.53. The van der Waals surface area contributed by atoms with Crippen molar-refractivity contribution in [3.05, 3.63) is 53.6 Å². The second-order valence-corrected chi connectivity index (χ2v) is 6.62. The van der Waals surface area contributed by atoms with Gasteiger partial charge in [0.2, 0.25) is 0 Å². The molecule has 6 nitrogen and oxygen atoms in total. The first-order chi connectivity index (χ1) is 13.6. The summed E-state index contributed by atoms with van der Waals surface area (Å²) in [7, 11) is 0. The third-order valence-corrected chi connectivity index (χ3v) is 4.55. The molecule has 0 unspecified atom stereocenters. The molecule has 0 saturated carbocycles. The molecule has 1 amide bonds. The third-order valence-electron chi connectivity index (χ3n) is 4.55. The summed E-state index contributed by atoms with van der Waals surface area (Å²) in [6.07, 6.45) is 2.33. The van der Waals surface area contributed by atoms with Crippen LogP contribution < -0.4 is 14.8 Å². The molecule has 0 aromatic heterocycles. The third kappa shape index (κ3) is 5.03. The van der Waals surface area contributed by atoms with E-state index in [4.69, 9.17) is 14.2 Å². The highest BCUT2D eigenvalue weighted by molar-refractivity contribution is 5.96. The van der Waals surface area contributed by atoms with Gasteiger partial charge >= 0.3 is 5.97 Å². The van der Waals surface area contributed by atoms with Crippen LogP contribution in [0.5, 0.6) is 11.5 Å². The molecular formula is C22H25NO5. The van der Waals surface area contributed by atoms with Crippen LogP contribution >= 0.6 is 0 Å². The molecule has 0 fully saturated rings. The summed E-state index contributed by atoms with van der Waals surface area (Å²) in [4.78, 5) is 24.4. The smallest absolute Gasteiger partial charge is 0.344 e. The van der Waals surface area contributed by atoms with Gasteiger partial charge in [0, 0.05) is 0 Å². The fourth-order valence-electron chi connectivity index (χ4n) is 3.15. The van der Waals surface area contributed by atoms with Crippen LogP contribution in [-0.2, 0) is 27.2 Å². The lowest BCUT2D eigenvalue weighted by molar-refractivity contribution is -0.155. The summed E-state index contributed by atoms with van der Waals surface area (Å²) >= 11 is 0. The predicted molar refractivity (Wildman–Crippen MR) is 106 cm³/mol. The molecule has 148 valence electrons. The minimum atomic E-state index is -0.953. The average molecular weight is 383 g/mol. The molecule has 2 aromatic carbocycles. The highest BCUT2D eigenvalue weighted by Gasteiger charge is 2.20. The van der Waals surface area contributed by atoms with Gasteiger partial charge in [-0.25, -0.2) is 4.79 Å². The highest BCUT2D eigenvalue weighted by Crippen LogP contribution is 2.26. The molecular weight excluding hydrogens is 358 g/mol. The zero-order valence-corrected chi connectivity index (χ0v) is 16.2. The Kier molecular flexibility index (Phi) is 6.53. The van der Waals surface area contributed by atoms with Crippen molar-refractivity contribution >= 4 is 17.6 Å². The maximum atomic E-state index is 12.3. The second-order valence-electron chi connectivity index (χ2n) is 6.62. The van der Waals surface area contributed by atoms with Gasteiger partial charge in [0.05, 0.1) is 12.3 Å². The Bertz CT molecular complexity index is 849. The zero-order valence-electron chi connectivity index (χ0n) is 16.2. The van der Waals surface area contributed by atoms with Crippen LogP contribution in [-0.4, -0.2) is 31.2 Å². The summed E-state index contributed by atoms with van der Waals surface area (Å²) in [6.45, 7) is 3.62. The summed E-state index contributed by atoms with van der Waals surface area (Å²) in [5, 5.41) is 2.72. The van der Waals surface area contributed by atoms with E-state index in [0.717, 1.165) is 19.3 Å². The molecule has 0 aliphatic heterocycles. The van der Waals surface area contributed by atoms with Crippen LogP contribution in [0.4, 0.5) is 5.69 Å². The fourth-order valence-corrected chi connectivity index (χ4v) is 3.15. The van der Waals surface area contributed by atoms with Crippen LogP contribution in [0.1, 0.15) is 31.4 Å². The van der Waals surface area contributed by atoms with Gasteiger partial charge in [-0.15, -0.1) is 0 Å². The lowest BCUT2D eigenvalue weighted by Crippen LogP contribution is -2.31. The number of carbonyl (C=O) groups is 2. The lowest BCUT2D eigenvalue weighted by Gasteiger charge is -2.16. The molecule has 2 aromatic rings. The van der Waals surface area contributed by atoms with Crippen molar-refractivity contribution in [3.8, 4) is 11.5 Å². The summed E-state index contributed by atoms with van der Waals surface area (Å²) in [5.41, 5.74) is 3.14. The SMILES string of the molecule is CCOc1ccccc1NC(=O)[C@H](C)OC(=O)COc1ccc2c(c1)CCC2. The molecule has 0 bridgehead atoms. The Labute approximate surface area is 164 Å². The van der Waals surface area contributed by atoms with E-state index in [9.17, 15) is 9.59 Å². The van der Waals surface area contributed by atoms with Crippen LogP contribution in [0.15, 0.2) is 42.5 Å². The summed E-state index contributed by atoms with van der Waals surface area (Å²) in [5.74, 6) is 0.177. The number of hydrogen-bond donors (Lipinski definition) is 1. The van der Waals surface area contributed by atoms with Crippen molar-refractivity contribution in [2.75, 3.05) is 18.5 Å². The molecule has 1 atom stereocenters. The Balaban J connectivity index is 1.49. The lowest BCUT2D eigenvalue weighted by atomic mass is 10.1. The van der Waals surface area contributed by atoms with Crippen molar-refractivity contribution in [2.45, 2.75) is 39.2 Å². The van der Waals surface area contributed by atoms with Crippen molar-refractivity contribution in [3.63, 3.8) is 0 Å². The van der Waals surface area contributed by atoms with Crippen molar-refractivity contribution in [2.24, 2.45) is 0 Å². The van der Waals surface area contributed by atoms with Gasteiger partial charge in [-0.05, 0) is 68.5 Å². The van der Waals surface area contributed by atoms with E-state index >= 15 is 0 Å². The zero-order chi connectivity index (χ0) is 19.9. The van der Waals surface area contributed by atoms with Gasteiger partial charge < -0.3 is 19.5 Å². The molecule has 3 rings (SSSR count). The largest absolute Gasteiger partial charge is 0.492 e. The van der Waals surface area contributed by atoms with Crippen LogP contribution in [0.2, 0.25) is 0 Å². The quantitative estimate of drug-likeness (QED) is 0.706. The molecule has 1 aliphatic rings. The molecule has 0 spiro atoms. The summed E-state index contributed by atoms with van der Waals surface area (Å²) in [6, 6.07) is 13.0. The first kappa shape index (κ1) is 19.7. The second kappa shape index (κ2) is 9.26. The maximum Gasteiger partial charge on any atom is 0.344 e. The van der Waals surface area contributed by atoms with Crippen LogP contribution in [0.3, 0.4) is 0 Å². The number of carbonyl (C=O) groups excluding carboxylic acids is 2. The van der Waals surface area contributed by atoms with E-state index in [0.29, 0.717) is 23.8 Å². The van der Waals surface area contributed by atoms with Gasteiger partial charge in [-0.3, -0.25) is 4.79 Å². The minimum absolute atomic E-state index is 0.244. The number of ether oxygens (including phenoxy) is 3. The molecule has 0 radical (unpaired) electrons. The molecule has 1 aliphatic carbocycles. The van der Waals surface area contributed by atoms with E-state index < -0.39 is 18.0 Å². The topological polar surface area (TPSA) is 73.9 Å². The molecule has 0 saturated heterocycles. The van der Waals surface area contributed by atoms with Gasteiger partial charge in [0.15, 0.2) is 12.7 Å². The Morgan fingerprint density at radius 2 is 1.86 bits per heavy atom. The Morgan fingerprint density at radius 1 is 1.07 bits per heavy atom. The predicted octanol–water partition coefficient (Wildman–Crippen LogP) is 3.52. The number of rotatable bonds is 8. The van der Waals surface area contributed by atoms with E-state index in [1.165, 1.54) is 18.1 Å². The number of nitrogens with one attached hydrogen (secondary N) is 1. The van der Waals surface area contributed by atoms with Crippen molar-refractivity contribution < 1.29 is 23.8 Å². The van der Waals surface area contributed by atoms with Gasteiger partial charge in [-0.1, -0.05) is 18.2 Å². The number of benzene rings is 2. The number of aryl methyl sites for hydroxylation is 2. The number of fused-ring (bicyclic) bond motifs is 1. The van der Waals surface area contributed by atoms with E-state index in [1.54, 1.807) is 18.2 Å². The number of hydrogen-bond acceptors (Lipinski definition) is 5. The normalized spacial score (nSPS) is 13.4. The van der Waals surface area contributed by atoms with E-state index in [-0.39, 0.29) is 6.61 Å². The average Bonchev–Trinajstić information content (AvgIpc) is 3.16. The van der Waals surface area contributed by atoms with Gasteiger partial charge in [0.25, 0.3) is 5.91 Å². The van der Waals surface area contributed by atoms with Crippen LogP contribution in [0.25, 0.3) is 0 Å². The molecule has 1 N–H and O–H groups in total. The number of para-hydroxylation sites is 2. The maximum absolute atomic E-state index is 12.3. The molecule has 0 heterocycles. The Hall–Kier alpha value is -3.02. The van der Waals surface area contributed by atoms with Crippen molar-refractivity contribution in [1.82, 2.24) is 0 Å². The number of anilines is 1. The monoisotopic (exact) mass is 383 g/mol. The van der Waals surface area contributed by atoms with Gasteiger partial charge in [-0.2, -0.15) is 0 Å². The number of amides is 1. The first-order valence-electron chi connectivity index (χ1n) is 9.53. The fraction of sp³-hybridized carbons (Fsp3) is 0.364. The highest BCUT2D eigenvalue weighted by atomic mass is 16.6. The van der Waals surface area contributed by atoms with E-state index in [2.05, 4.69) is 5.32 Å². The molecule has 28 heavy (non-hydrogen) atoms. The van der Waals surface area contributed by atoms with Crippen LogP contribution in [0, 0.1) is 0 Å². The van der Waals surface area contributed by atoms with Gasteiger partial charge in [0.1, 0.15) is 11.5 Å².